The lowest BCUT2D eigenvalue weighted by molar-refractivity contribution is -0.385. The van der Waals surface area contributed by atoms with E-state index in [0.717, 1.165) is 6.07 Å². The van der Waals surface area contributed by atoms with Gasteiger partial charge in [0.25, 0.3) is 5.69 Å². The highest BCUT2D eigenvalue weighted by molar-refractivity contribution is 7.89. The molecule has 1 rings (SSSR count). The van der Waals surface area contributed by atoms with Crippen LogP contribution in [0.25, 0.3) is 0 Å². The van der Waals surface area contributed by atoms with Crippen molar-refractivity contribution in [3.8, 4) is 0 Å². The zero-order valence-electron chi connectivity index (χ0n) is 11.7. The third-order valence-corrected chi connectivity index (χ3v) is 4.67. The van der Waals surface area contributed by atoms with Gasteiger partial charge in [-0.05, 0) is 18.4 Å². The fourth-order valence-corrected chi connectivity index (χ4v) is 3.37. The molecule has 0 aliphatic heterocycles. The van der Waals surface area contributed by atoms with Crippen LogP contribution >= 0.6 is 0 Å². The number of rotatable bonds is 6. The molecular weight excluding hydrogens is 282 g/mol. The van der Waals surface area contributed by atoms with Gasteiger partial charge in [-0.15, -0.1) is 0 Å². The topological polar surface area (TPSA) is 115 Å². The Morgan fingerprint density at radius 3 is 2.45 bits per heavy atom. The molecule has 8 heteroatoms. The molecule has 1 unspecified atom stereocenters. The second-order valence-electron chi connectivity index (χ2n) is 4.91. The molecule has 7 nitrogen and oxygen atoms in total. The number of benzene rings is 1. The Morgan fingerprint density at radius 1 is 1.40 bits per heavy atom. The van der Waals surface area contributed by atoms with E-state index in [9.17, 15) is 18.5 Å². The molecule has 0 aliphatic rings. The summed E-state index contributed by atoms with van der Waals surface area (Å²) in [5, 5.41) is 10.7. The second kappa shape index (κ2) is 6.29. The smallest absolute Gasteiger partial charge is 0.270 e. The molecule has 0 bridgehead atoms. The van der Waals surface area contributed by atoms with Gasteiger partial charge in [-0.2, -0.15) is 0 Å². The Hall–Kier alpha value is -1.51. The molecule has 20 heavy (non-hydrogen) atoms. The van der Waals surface area contributed by atoms with Crippen LogP contribution < -0.4 is 10.5 Å². The Kier molecular flexibility index (Phi) is 5.21. The van der Waals surface area contributed by atoms with Crippen LogP contribution in [0.3, 0.4) is 0 Å². The summed E-state index contributed by atoms with van der Waals surface area (Å²) in [6.45, 7) is 5.44. The van der Waals surface area contributed by atoms with Gasteiger partial charge in [0.1, 0.15) is 0 Å². The normalized spacial score (nSPS) is 13.4. The van der Waals surface area contributed by atoms with Crippen LogP contribution in [0.15, 0.2) is 23.1 Å². The molecule has 0 saturated heterocycles. The molecule has 0 heterocycles. The highest BCUT2D eigenvalue weighted by atomic mass is 32.2. The van der Waals surface area contributed by atoms with Crippen LogP contribution in [0.4, 0.5) is 5.69 Å². The molecule has 0 aliphatic carbocycles. The third kappa shape index (κ3) is 3.75. The molecule has 1 aromatic carbocycles. The molecule has 112 valence electrons. The van der Waals surface area contributed by atoms with Gasteiger partial charge in [-0.3, -0.25) is 10.1 Å². The lowest BCUT2D eigenvalue weighted by atomic mass is 10.1. The summed E-state index contributed by atoms with van der Waals surface area (Å²) in [5.74, 6) is 0.0220. The lowest BCUT2D eigenvalue weighted by Gasteiger charge is -2.20. The Morgan fingerprint density at radius 2 is 2.00 bits per heavy atom. The lowest BCUT2D eigenvalue weighted by Crippen LogP contribution is -2.43. The fraction of sp³-hybridized carbons (Fsp3) is 0.500. The molecule has 3 N–H and O–H groups in total. The summed E-state index contributed by atoms with van der Waals surface area (Å²) < 4.78 is 27.1. The first kappa shape index (κ1) is 16.5. The van der Waals surface area contributed by atoms with Crippen molar-refractivity contribution in [3.63, 3.8) is 0 Å². The predicted octanol–water partition coefficient (Wildman–Crippen LogP) is 1.16. The zero-order valence-corrected chi connectivity index (χ0v) is 12.5. The molecule has 0 fully saturated rings. The fourth-order valence-electron chi connectivity index (χ4n) is 1.71. The standard InChI is InChI=1S/C12H19N3O4S/c1-8(2)11(7-13)14-20(18,19)12-6-10(15(16)17)5-4-9(12)3/h4-6,8,11,14H,7,13H2,1-3H3. The van der Waals surface area contributed by atoms with E-state index in [1.165, 1.54) is 12.1 Å². The van der Waals surface area contributed by atoms with Crippen molar-refractivity contribution in [1.29, 1.82) is 0 Å². The van der Waals surface area contributed by atoms with Crippen molar-refractivity contribution in [3.05, 3.63) is 33.9 Å². The van der Waals surface area contributed by atoms with Crippen LogP contribution in [-0.4, -0.2) is 25.9 Å². The van der Waals surface area contributed by atoms with E-state index in [-0.39, 0.29) is 23.0 Å². The number of aryl methyl sites for hydroxylation is 1. The first-order valence-corrected chi connectivity index (χ1v) is 7.64. The molecule has 0 aromatic heterocycles. The van der Waals surface area contributed by atoms with Crippen LogP contribution in [0.1, 0.15) is 19.4 Å². The minimum atomic E-state index is -3.84. The van der Waals surface area contributed by atoms with Crippen molar-refractivity contribution >= 4 is 15.7 Å². The average molecular weight is 301 g/mol. The summed E-state index contributed by atoms with van der Waals surface area (Å²) in [7, 11) is -3.84. The zero-order chi connectivity index (χ0) is 15.5. The first-order chi connectivity index (χ1) is 9.19. The van der Waals surface area contributed by atoms with Crippen LogP contribution in [0, 0.1) is 23.0 Å². The molecule has 0 saturated carbocycles. The minimum absolute atomic E-state index is 0.0220. The Balaban J connectivity index is 3.21. The molecule has 0 radical (unpaired) electrons. The van der Waals surface area contributed by atoms with Gasteiger partial charge < -0.3 is 5.73 Å². The number of nitro benzene ring substituents is 1. The van der Waals surface area contributed by atoms with Crippen LogP contribution in [-0.2, 0) is 10.0 Å². The van der Waals surface area contributed by atoms with E-state index in [4.69, 9.17) is 5.73 Å². The van der Waals surface area contributed by atoms with Gasteiger partial charge in [0, 0.05) is 24.7 Å². The van der Waals surface area contributed by atoms with E-state index >= 15 is 0 Å². The van der Waals surface area contributed by atoms with Gasteiger partial charge in [0.2, 0.25) is 10.0 Å². The van der Waals surface area contributed by atoms with Crippen molar-refractivity contribution in [2.45, 2.75) is 31.7 Å². The number of hydrogen-bond acceptors (Lipinski definition) is 5. The maximum atomic E-state index is 12.3. The number of nitro groups is 1. The van der Waals surface area contributed by atoms with E-state index < -0.39 is 21.0 Å². The van der Waals surface area contributed by atoms with Crippen molar-refractivity contribution in [2.24, 2.45) is 11.7 Å². The average Bonchev–Trinajstić information content (AvgIpc) is 2.35. The van der Waals surface area contributed by atoms with Crippen LogP contribution in [0.2, 0.25) is 0 Å². The summed E-state index contributed by atoms with van der Waals surface area (Å²) in [6.07, 6.45) is 0. The van der Waals surface area contributed by atoms with Gasteiger partial charge in [-0.1, -0.05) is 19.9 Å². The number of nitrogens with two attached hydrogens (primary N) is 1. The monoisotopic (exact) mass is 301 g/mol. The minimum Gasteiger partial charge on any atom is -0.329 e. The second-order valence-corrected chi connectivity index (χ2v) is 6.60. The number of hydrogen-bond donors (Lipinski definition) is 2. The number of non-ortho nitro benzene ring substituents is 1. The maximum absolute atomic E-state index is 12.3. The van der Waals surface area contributed by atoms with Gasteiger partial charge in [0.15, 0.2) is 0 Å². The molecule has 1 atom stereocenters. The van der Waals surface area contributed by atoms with Gasteiger partial charge >= 0.3 is 0 Å². The third-order valence-electron chi connectivity index (χ3n) is 3.04. The van der Waals surface area contributed by atoms with Crippen molar-refractivity contribution in [2.75, 3.05) is 6.54 Å². The summed E-state index contributed by atoms with van der Waals surface area (Å²) >= 11 is 0. The Labute approximate surface area is 118 Å². The molecule has 1 aromatic rings. The van der Waals surface area contributed by atoms with Crippen LogP contribution in [0.5, 0.6) is 0 Å². The molecule has 0 spiro atoms. The van der Waals surface area contributed by atoms with Gasteiger partial charge in [0.05, 0.1) is 9.82 Å². The number of nitrogens with one attached hydrogen (secondary N) is 1. The molecule has 0 amide bonds. The highest BCUT2D eigenvalue weighted by Gasteiger charge is 2.24. The largest absolute Gasteiger partial charge is 0.329 e. The summed E-state index contributed by atoms with van der Waals surface area (Å²) in [5.41, 5.74) is 5.73. The van der Waals surface area contributed by atoms with E-state index in [0.29, 0.717) is 5.56 Å². The summed E-state index contributed by atoms with van der Waals surface area (Å²) in [4.78, 5) is 10.0. The molecular formula is C12H19N3O4S. The summed E-state index contributed by atoms with van der Waals surface area (Å²) in [6, 6.07) is 3.33. The first-order valence-electron chi connectivity index (χ1n) is 6.16. The number of sulfonamides is 1. The van der Waals surface area contributed by atoms with Crippen molar-refractivity contribution in [1.82, 2.24) is 4.72 Å². The van der Waals surface area contributed by atoms with Gasteiger partial charge in [-0.25, -0.2) is 13.1 Å². The predicted molar refractivity (Wildman–Crippen MR) is 75.8 cm³/mol. The highest BCUT2D eigenvalue weighted by Crippen LogP contribution is 2.22. The van der Waals surface area contributed by atoms with E-state index in [2.05, 4.69) is 4.72 Å². The van der Waals surface area contributed by atoms with E-state index in [1.807, 2.05) is 13.8 Å². The van der Waals surface area contributed by atoms with E-state index in [1.54, 1.807) is 6.92 Å². The quantitative estimate of drug-likeness (QED) is 0.604. The van der Waals surface area contributed by atoms with Crippen molar-refractivity contribution < 1.29 is 13.3 Å². The maximum Gasteiger partial charge on any atom is 0.270 e. The number of nitrogens with zero attached hydrogens (tertiary/aromatic N) is 1. The Bertz CT molecular complexity index is 599. The SMILES string of the molecule is Cc1ccc([N+](=O)[O-])cc1S(=O)(=O)NC(CN)C(C)C.